The Morgan fingerprint density at radius 1 is 1.18 bits per heavy atom. The highest BCUT2D eigenvalue weighted by atomic mass is 28.3. The molecule has 0 radical (unpaired) electrons. The highest BCUT2D eigenvalue weighted by Gasteiger charge is 2.14. The van der Waals surface area contributed by atoms with Gasteiger partial charge < -0.3 is 10.5 Å². The Balaban J connectivity index is 1.63. The van der Waals surface area contributed by atoms with E-state index in [1.54, 1.807) is 6.20 Å². The summed E-state index contributed by atoms with van der Waals surface area (Å²) in [7, 11) is -1.08. The van der Waals surface area contributed by atoms with E-state index in [-0.39, 0.29) is 0 Å². The van der Waals surface area contributed by atoms with E-state index in [2.05, 4.69) is 62.0 Å². The van der Waals surface area contributed by atoms with Gasteiger partial charge in [0.05, 0.1) is 23.1 Å². The van der Waals surface area contributed by atoms with Crippen LogP contribution in [0.25, 0.3) is 11.0 Å². The van der Waals surface area contributed by atoms with Crippen LogP contribution in [0.5, 0.6) is 0 Å². The summed E-state index contributed by atoms with van der Waals surface area (Å²) < 4.78 is 7.67. The van der Waals surface area contributed by atoms with Crippen molar-refractivity contribution in [2.24, 2.45) is 0 Å². The molecule has 1 aromatic carbocycles. The third-order valence-electron chi connectivity index (χ3n) is 5.13. The first-order chi connectivity index (χ1) is 13.3. The highest BCUT2D eigenvalue weighted by molar-refractivity contribution is 6.76. The summed E-state index contributed by atoms with van der Waals surface area (Å²) >= 11 is 0. The van der Waals surface area contributed by atoms with Crippen LogP contribution >= 0.6 is 0 Å². The van der Waals surface area contributed by atoms with Crippen LogP contribution in [0, 0.1) is 0 Å². The van der Waals surface area contributed by atoms with Crippen molar-refractivity contribution in [3.05, 3.63) is 53.9 Å². The molecule has 0 spiro atoms. The first-order valence-corrected chi connectivity index (χ1v) is 13.8. The molecule has 2 aromatic heterocycles. The number of nitrogens with two attached hydrogens (primary N) is 1. The molecule has 0 aliphatic carbocycles. The minimum Gasteiger partial charge on any atom is -0.397 e. The average molecular weight is 397 g/mol. The Morgan fingerprint density at radius 2 is 1.93 bits per heavy atom. The molecule has 0 bridgehead atoms. The zero-order chi connectivity index (χ0) is 20.1. The van der Waals surface area contributed by atoms with Crippen LogP contribution < -0.4 is 5.73 Å². The number of anilines is 1. The van der Waals surface area contributed by atoms with Crippen LogP contribution in [-0.4, -0.2) is 29.4 Å². The lowest BCUT2D eigenvalue weighted by Gasteiger charge is -2.15. The summed E-state index contributed by atoms with van der Waals surface area (Å²) in [6.07, 6.45) is 3.68. The monoisotopic (exact) mass is 396 g/mol. The number of aromatic nitrogens is 3. The average Bonchev–Trinajstić information content (AvgIpc) is 3.04. The Morgan fingerprint density at radius 3 is 2.64 bits per heavy atom. The van der Waals surface area contributed by atoms with Crippen LogP contribution in [0.4, 0.5) is 5.69 Å². The number of ether oxygens (including phenoxy) is 1. The van der Waals surface area contributed by atoms with E-state index < -0.39 is 8.07 Å². The lowest BCUT2D eigenvalue weighted by Crippen LogP contribution is -2.22. The van der Waals surface area contributed by atoms with E-state index in [1.165, 1.54) is 5.56 Å². The molecule has 2 N–H and O–H groups in total. The van der Waals surface area contributed by atoms with E-state index in [1.807, 2.05) is 10.7 Å². The molecular formula is C22H32N4OSi. The molecule has 0 saturated carbocycles. The number of aryl methyl sites for hydroxylation is 1. The topological polar surface area (TPSA) is 66.0 Å². The second kappa shape index (κ2) is 8.88. The second-order valence-electron chi connectivity index (χ2n) is 8.77. The predicted octanol–water partition coefficient (Wildman–Crippen LogP) is 5.06. The summed E-state index contributed by atoms with van der Waals surface area (Å²) in [6, 6.07) is 13.7. The Hall–Kier alpha value is -2.18. The zero-order valence-electron chi connectivity index (χ0n) is 17.5. The number of hydrogen-bond acceptors (Lipinski definition) is 4. The maximum atomic E-state index is 6.31. The molecule has 0 saturated heterocycles. The van der Waals surface area contributed by atoms with Gasteiger partial charge in [0.15, 0.2) is 0 Å². The first-order valence-electron chi connectivity index (χ1n) is 10.1. The number of rotatable bonds is 9. The van der Waals surface area contributed by atoms with Crippen molar-refractivity contribution in [2.75, 3.05) is 12.3 Å². The van der Waals surface area contributed by atoms with Crippen LogP contribution in [0.15, 0.2) is 42.6 Å². The van der Waals surface area contributed by atoms with Gasteiger partial charge in [-0.3, -0.25) is 0 Å². The first kappa shape index (κ1) is 20.5. The molecule has 0 aliphatic heterocycles. The molecule has 1 atom stereocenters. The summed E-state index contributed by atoms with van der Waals surface area (Å²) in [5.74, 6) is 0.473. The van der Waals surface area contributed by atoms with Gasteiger partial charge in [-0.1, -0.05) is 56.9 Å². The van der Waals surface area contributed by atoms with Crippen LogP contribution in [-0.2, 0) is 17.9 Å². The van der Waals surface area contributed by atoms with Gasteiger partial charge in [-0.05, 0) is 36.4 Å². The minimum atomic E-state index is -1.08. The number of fused-ring (bicyclic) bond motifs is 1. The van der Waals surface area contributed by atoms with Gasteiger partial charge in [0.2, 0.25) is 0 Å². The molecule has 0 aliphatic rings. The molecule has 3 aromatic rings. The van der Waals surface area contributed by atoms with Crippen LogP contribution in [0.2, 0.25) is 25.7 Å². The predicted molar refractivity (Wildman–Crippen MR) is 119 cm³/mol. The Labute approximate surface area is 168 Å². The van der Waals surface area contributed by atoms with Gasteiger partial charge in [0.25, 0.3) is 0 Å². The van der Waals surface area contributed by atoms with Crippen molar-refractivity contribution >= 4 is 24.8 Å². The van der Waals surface area contributed by atoms with Crippen molar-refractivity contribution in [1.29, 1.82) is 0 Å². The van der Waals surface area contributed by atoms with Crippen molar-refractivity contribution in [3.8, 4) is 0 Å². The molecule has 0 amide bonds. The molecule has 150 valence electrons. The largest absolute Gasteiger partial charge is 0.397 e. The second-order valence-corrected chi connectivity index (χ2v) is 14.4. The van der Waals surface area contributed by atoms with Gasteiger partial charge in [-0.2, -0.15) is 5.10 Å². The lowest BCUT2D eigenvalue weighted by atomic mass is 9.95. The van der Waals surface area contributed by atoms with Crippen LogP contribution in [0.3, 0.4) is 0 Å². The summed E-state index contributed by atoms with van der Waals surface area (Å²) in [5, 5.41) is 4.44. The summed E-state index contributed by atoms with van der Waals surface area (Å²) in [4.78, 5) is 4.77. The molecule has 2 heterocycles. The molecule has 0 fully saturated rings. The molecule has 5 nitrogen and oxygen atoms in total. The lowest BCUT2D eigenvalue weighted by molar-refractivity contribution is 0.0817. The van der Waals surface area contributed by atoms with Gasteiger partial charge in [0, 0.05) is 14.7 Å². The van der Waals surface area contributed by atoms with Crippen molar-refractivity contribution in [1.82, 2.24) is 14.8 Å². The third kappa shape index (κ3) is 5.42. The molecular weight excluding hydrogens is 364 g/mol. The van der Waals surface area contributed by atoms with Gasteiger partial charge >= 0.3 is 0 Å². The number of benzene rings is 1. The smallest absolute Gasteiger partial charge is 0.140 e. The van der Waals surface area contributed by atoms with Crippen molar-refractivity contribution < 1.29 is 4.74 Å². The van der Waals surface area contributed by atoms with E-state index >= 15 is 0 Å². The van der Waals surface area contributed by atoms with E-state index in [4.69, 9.17) is 15.5 Å². The number of pyridine rings is 1. The SMILES string of the molecule is C[C@@H](CCc1nc2cnn(COCC[Si](C)(C)C)c2cc1N)c1ccccc1. The maximum absolute atomic E-state index is 6.31. The minimum absolute atomic E-state index is 0.444. The zero-order valence-corrected chi connectivity index (χ0v) is 18.5. The van der Waals surface area contributed by atoms with E-state index in [0.717, 1.165) is 47.9 Å². The quantitative estimate of drug-likeness (QED) is 0.405. The van der Waals surface area contributed by atoms with Crippen molar-refractivity contribution in [2.45, 2.75) is 58.1 Å². The van der Waals surface area contributed by atoms with Crippen molar-refractivity contribution in [3.63, 3.8) is 0 Å². The molecule has 3 rings (SSSR count). The number of nitrogen functional groups attached to an aromatic ring is 1. The number of hydrogen-bond donors (Lipinski definition) is 1. The van der Waals surface area contributed by atoms with Gasteiger partial charge in [-0.15, -0.1) is 0 Å². The Bertz CT molecular complexity index is 902. The van der Waals surface area contributed by atoms with Crippen LogP contribution in [0.1, 0.15) is 30.5 Å². The van der Waals surface area contributed by atoms with Gasteiger partial charge in [-0.25, -0.2) is 9.67 Å². The maximum Gasteiger partial charge on any atom is 0.140 e. The molecule has 28 heavy (non-hydrogen) atoms. The normalized spacial score (nSPS) is 13.1. The summed E-state index contributed by atoms with van der Waals surface area (Å²) in [5.41, 5.74) is 11.2. The number of nitrogens with zero attached hydrogens (tertiary/aromatic N) is 3. The van der Waals surface area contributed by atoms with E-state index in [9.17, 15) is 0 Å². The fraction of sp³-hybridized carbons (Fsp3) is 0.455. The Kier molecular flexibility index (Phi) is 6.52. The fourth-order valence-electron chi connectivity index (χ4n) is 3.19. The standard InChI is InChI=1S/C22H32N4OSi/c1-17(18-8-6-5-7-9-18)10-11-20-19(23)14-22-21(25-20)15-24-26(22)16-27-12-13-28(2,3)4/h5-9,14-15,17H,10-13,16,23H2,1-4H3/t17-/m0/s1. The molecule has 0 unspecified atom stereocenters. The third-order valence-corrected chi connectivity index (χ3v) is 6.84. The fourth-order valence-corrected chi connectivity index (χ4v) is 3.95. The summed E-state index contributed by atoms with van der Waals surface area (Å²) in [6.45, 7) is 10.5. The van der Waals surface area contributed by atoms with Gasteiger partial charge in [0.1, 0.15) is 12.2 Å². The van der Waals surface area contributed by atoms with E-state index in [0.29, 0.717) is 12.6 Å². The highest BCUT2D eigenvalue weighted by Crippen LogP contribution is 2.24. The molecule has 6 heteroatoms.